The molecular formula is C15H36O6Si2. The van der Waals surface area contributed by atoms with Crippen molar-refractivity contribution in [1.29, 1.82) is 0 Å². The first-order valence-corrected chi connectivity index (χ1v) is 14.0. The number of aliphatic hydroxyl groups is 3. The third-order valence-electron chi connectivity index (χ3n) is 3.72. The smallest absolute Gasteiger partial charge is 0.327 e. The molecule has 0 aromatic heterocycles. The van der Waals surface area contributed by atoms with Crippen LogP contribution >= 0.6 is 0 Å². The van der Waals surface area contributed by atoms with Gasteiger partial charge in [0.1, 0.15) is 5.60 Å². The molecule has 23 heavy (non-hydrogen) atoms. The zero-order valence-corrected chi connectivity index (χ0v) is 17.6. The van der Waals surface area contributed by atoms with Crippen LogP contribution in [0.4, 0.5) is 0 Å². The normalized spacial score (nSPS) is 19.2. The maximum atomic E-state index is 9.93. The van der Waals surface area contributed by atoms with E-state index in [1.807, 2.05) is 0 Å². The topological polar surface area (TPSA) is 88.4 Å². The minimum atomic E-state index is -2.33. The van der Waals surface area contributed by atoms with E-state index in [1.54, 1.807) is 21.0 Å². The average Bonchev–Trinajstić information content (AvgIpc) is 2.42. The number of rotatable bonds is 13. The first kappa shape index (κ1) is 23.2. The average molecular weight is 369 g/mol. The molecule has 0 amide bonds. The van der Waals surface area contributed by atoms with E-state index >= 15 is 0 Å². The summed E-state index contributed by atoms with van der Waals surface area (Å²) in [5.41, 5.74) is -1.23. The number of aliphatic hydroxyl groups excluding tert-OH is 2. The highest BCUT2D eigenvalue weighted by Gasteiger charge is 2.39. The minimum Gasteiger partial charge on any atom is -0.436 e. The van der Waals surface area contributed by atoms with Gasteiger partial charge in [-0.1, -0.05) is 0 Å². The van der Waals surface area contributed by atoms with E-state index in [9.17, 15) is 10.2 Å². The summed E-state index contributed by atoms with van der Waals surface area (Å²) in [4.78, 5) is 0. The molecule has 6 nitrogen and oxygen atoms in total. The molecule has 0 saturated carbocycles. The highest BCUT2D eigenvalue weighted by Crippen LogP contribution is 2.26. The molecule has 0 rings (SSSR count). The second-order valence-corrected chi connectivity index (χ2v) is 15.6. The molecule has 0 fully saturated rings. The second-order valence-electron chi connectivity index (χ2n) is 7.35. The van der Waals surface area contributed by atoms with Gasteiger partial charge in [-0.2, -0.15) is 0 Å². The van der Waals surface area contributed by atoms with Crippen molar-refractivity contribution in [3.8, 4) is 0 Å². The largest absolute Gasteiger partial charge is 0.436 e. The summed E-state index contributed by atoms with van der Waals surface area (Å²) >= 11 is 0. The van der Waals surface area contributed by atoms with E-state index < -0.39 is 28.6 Å². The standard InChI is InChI=1S/C15H36O6Si2/c1-14(17)15(2,18)13-20-10-8-12-23(19-3,11-7-9-16)21-22(4,5)6/h14,16-18H,7-13H2,1-6H3. The van der Waals surface area contributed by atoms with Gasteiger partial charge >= 0.3 is 8.56 Å². The zero-order valence-electron chi connectivity index (χ0n) is 15.6. The number of ether oxygens (including phenoxy) is 1. The summed E-state index contributed by atoms with van der Waals surface area (Å²) in [5.74, 6) is 0. The maximum absolute atomic E-state index is 9.93. The van der Waals surface area contributed by atoms with Crippen molar-refractivity contribution < 1.29 is 28.6 Å². The van der Waals surface area contributed by atoms with Gasteiger partial charge in [0, 0.05) is 20.3 Å². The Kier molecular flexibility index (Phi) is 10.3. The fourth-order valence-corrected chi connectivity index (χ4v) is 9.87. The quantitative estimate of drug-likeness (QED) is 0.340. The summed E-state index contributed by atoms with van der Waals surface area (Å²) < 4.78 is 17.7. The molecule has 140 valence electrons. The van der Waals surface area contributed by atoms with Gasteiger partial charge in [-0.05, 0) is 58.4 Å². The molecule has 3 unspecified atom stereocenters. The van der Waals surface area contributed by atoms with Crippen LogP contribution in [0.25, 0.3) is 0 Å². The van der Waals surface area contributed by atoms with Crippen LogP contribution < -0.4 is 0 Å². The van der Waals surface area contributed by atoms with E-state index in [0.29, 0.717) is 13.0 Å². The molecular weight excluding hydrogens is 332 g/mol. The van der Waals surface area contributed by atoms with Crippen molar-refractivity contribution in [2.45, 2.75) is 70.1 Å². The summed E-state index contributed by atoms with van der Waals surface area (Å²) in [6.07, 6.45) is 0.614. The Morgan fingerprint density at radius 3 is 2.13 bits per heavy atom. The highest BCUT2D eigenvalue weighted by molar-refractivity contribution is 6.82. The Labute approximate surface area is 143 Å². The predicted octanol–water partition coefficient (Wildman–Crippen LogP) is 1.85. The molecule has 0 bridgehead atoms. The molecule has 0 aromatic carbocycles. The summed E-state index contributed by atoms with van der Waals surface area (Å²) in [5, 5.41) is 28.5. The zero-order chi connectivity index (χ0) is 18.1. The van der Waals surface area contributed by atoms with Gasteiger partial charge in [0.05, 0.1) is 12.7 Å². The molecule has 8 heteroatoms. The molecule has 0 heterocycles. The van der Waals surface area contributed by atoms with Crippen LogP contribution in [-0.2, 0) is 13.3 Å². The van der Waals surface area contributed by atoms with Gasteiger partial charge < -0.3 is 28.6 Å². The second kappa shape index (κ2) is 10.2. The van der Waals surface area contributed by atoms with Crippen molar-refractivity contribution in [3.63, 3.8) is 0 Å². The van der Waals surface area contributed by atoms with Gasteiger partial charge in [-0.3, -0.25) is 0 Å². The lowest BCUT2D eigenvalue weighted by atomic mass is 10.0. The Morgan fingerprint density at radius 2 is 1.70 bits per heavy atom. The van der Waals surface area contributed by atoms with Crippen molar-refractivity contribution in [1.82, 2.24) is 0 Å². The molecule has 3 atom stereocenters. The first-order chi connectivity index (χ1) is 10.5. The molecule has 0 aliphatic rings. The van der Waals surface area contributed by atoms with Crippen molar-refractivity contribution in [2.75, 3.05) is 26.9 Å². The van der Waals surface area contributed by atoms with Crippen LogP contribution in [-0.4, -0.2) is 70.8 Å². The lowest BCUT2D eigenvalue weighted by Gasteiger charge is -2.35. The third kappa shape index (κ3) is 9.93. The lowest BCUT2D eigenvalue weighted by molar-refractivity contribution is -0.102. The Morgan fingerprint density at radius 1 is 1.13 bits per heavy atom. The van der Waals surface area contributed by atoms with Crippen LogP contribution in [0.3, 0.4) is 0 Å². The predicted molar refractivity (Wildman–Crippen MR) is 96.3 cm³/mol. The Hall–Kier alpha value is 0.194. The number of hydrogen-bond donors (Lipinski definition) is 3. The minimum absolute atomic E-state index is 0.0950. The molecule has 0 aromatic rings. The maximum Gasteiger partial charge on any atom is 0.327 e. The Balaban J connectivity index is 4.44. The fraction of sp³-hybridized carbons (Fsp3) is 1.00. The van der Waals surface area contributed by atoms with E-state index in [-0.39, 0.29) is 13.2 Å². The van der Waals surface area contributed by atoms with E-state index in [4.69, 9.17) is 18.4 Å². The SMILES string of the molecule is CO[Si](CCCO)(CCCOCC(C)(O)C(C)O)O[Si](C)(C)C. The van der Waals surface area contributed by atoms with Crippen LogP contribution in [0, 0.1) is 0 Å². The van der Waals surface area contributed by atoms with Gasteiger partial charge in [0.25, 0.3) is 0 Å². The molecule has 0 radical (unpaired) electrons. The molecule has 0 spiro atoms. The van der Waals surface area contributed by atoms with Crippen LogP contribution in [0.15, 0.2) is 0 Å². The molecule has 0 aliphatic heterocycles. The van der Waals surface area contributed by atoms with Crippen molar-refractivity contribution >= 4 is 16.9 Å². The van der Waals surface area contributed by atoms with E-state index in [0.717, 1.165) is 18.5 Å². The molecule has 0 aliphatic carbocycles. The monoisotopic (exact) mass is 368 g/mol. The Bertz CT molecular complexity index is 320. The van der Waals surface area contributed by atoms with Crippen LogP contribution in [0.5, 0.6) is 0 Å². The summed E-state index contributed by atoms with van der Waals surface area (Å²) in [6.45, 7) is 10.2. The van der Waals surface area contributed by atoms with Gasteiger partial charge in [-0.15, -0.1) is 0 Å². The summed E-state index contributed by atoms with van der Waals surface area (Å²) in [7, 11) is -2.37. The van der Waals surface area contributed by atoms with E-state index in [1.165, 1.54) is 0 Å². The number of hydrogen-bond acceptors (Lipinski definition) is 6. The van der Waals surface area contributed by atoms with Crippen LogP contribution in [0.2, 0.25) is 31.7 Å². The lowest BCUT2D eigenvalue weighted by Crippen LogP contribution is -2.49. The molecule has 0 saturated heterocycles. The summed E-state index contributed by atoms with van der Waals surface area (Å²) in [6, 6.07) is 1.57. The van der Waals surface area contributed by atoms with E-state index in [2.05, 4.69) is 19.6 Å². The van der Waals surface area contributed by atoms with Crippen molar-refractivity contribution in [3.05, 3.63) is 0 Å². The van der Waals surface area contributed by atoms with Crippen LogP contribution in [0.1, 0.15) is 26.7 Å². The first-order valence-electron chi connectivity index (χ1n) is 8.32. The van der Waals surface area contributed by atoms with Gasteiger partial charge in [-0.25, -0.2) is 0 Å². The molecule has 3 N–H and O–H groups in total. The van der Waals surface area contributed by atoms with Crippen molar-refractivity contribution in [2.24, 2.45) is 0 Å². The third-order valence-corrected chi connectivity index (χ3v) is 10.6. The van der Waals surface area contributed by atoms with Gasteiger partial charge in [0.2, 0.25) is 0 Å². The highest BCUT2D eigenvalue weighted by atomic mass is 28.4. The van der Waals surface area contributed by atoms with Gasteiger partial charge in [0.15, 0.2) is 8.32 Å². The fourth-order valence-electron chi connectivity index (χ4n) is 2.22.